The minimum absolute atomic E-state index is 0.0217. The van der Waals surface area contributed by atoms with Gasteiger partial charge in [-0.05, 0) is 25.0 Å². The number of sulfonamides is 1. The van der Waals surface area contributed by atoms with Crippen LogP contribution in [-0.4, -0.2) is 38.8 Å². The van der Waals surface area contributed by atoms with Crippen LogP contribution >= 0.6 is 0 Å². The van der Waals surface area contributed by atoms with E-state index in [1.165, 1.54) is 23.5 Å². The number of anilines is 1. The van der Waals surface area contributed by atoms with Crippen LogP contribution in [0.1, 0.15) is 12.8 Å². The molecule has 21 heavy (non-hydrogen) atoms. The van der Waals surface area contributed by atoms with E-state index in [0.717, 1.165) is 0 Å². The average molecular weight is 313 g/mol. The zero-order valence-electron chi connectivity index (χ0n) is 11.8. The molecule has 116 valence electrons. The topological polar surface area (TPSA) is 116 Å². The number of piperidine rings is 1. The molecule has 1 aromatic rings. The fourth-order valence-electron chi connectivity index (χ4n) is 2.42. The molecule has 1 saturated heterocycles. The second-order valence-electron chi connectivity index (χ2n) is 5.01. The maximum absolute atomic E-state index is 12.6. The van der Waals surface area contributed by atoms with E-state index in [2.05, 4.69) is 0 Å². The Morgan fingerprint density at radius 2 is 2.14 bits per heavy atom. The van der Waals surface area contributed by atoms with Crippen LogP contribution in [0, 0.1) is 5.92 Å². The van der Waals surface area contributed by atoms with Crippen LogP contribution in [0.5, 0.6) is 5.75 Å². The average Bonchev–Trinajstić information content (AvgIpc) is 2.46. The van der Waals surface area contributed by atoms with Crippen LogP contribution in [0.2, 0.25) is 0 Å². The summed E-state index contributed by atoms with van der Waals surface area (Å²) in [6.07, 6.45) is 1.21. The molecule has 0 aliphatic carbocycles. The maximum atomic E-state index is 12.6. The SMILES string of the molecule is COc1ccc(S(=O)(=O)N2CCCC(C(N)=O)C2)c(N)c1. The Kier molecular flexibility index (Phi) is 4.38. The number of hydrogen-bond donors (Lipinski definition) is 2. The number of nitrogens with zero attached hydrogens (tertiary/aromatic N) is 1. The Bertz CT molecular complexity index is 645. The summed E-state index contributed by atoms with van der Waals surface area (Å²) in [5, 5.41) is 0. The predicted molar refractivity (Wildman–Crippen MR) is 78.1 cm³/mol. The highest BCUT2D eigenvalue weighted by molar-refractivity contribution is 7.89. The molecule has 0 aromatic heterocycles. The Morgan fingerprint density at radius 1 is 1.43 bits per heavy atom. The molecule has 1 amide bonds. The maximum Gasteiger partial charge on any atom is 0.245 e. The highest BCUT2D eigenvalue weighted by Gasteiger charge is 2.33. The number of amides is 1. The molecular formula is C13H19N3O4S. The van der Waals surface area contributed by atoms with Crippen molar-refractivity contribution in [3.8, 4) is 5.75 Å². The first-order chi connectivity index (χ1) is 9.86. The van der Waals surface area contributed by atoms with Gasteiger partial charge in [-0.3, -0.25) is 4.79 Å². The monoisotopic (exact) mass is 313 g/mol. The molecule has 0 bridgehead atoms. The third-order valence-electron chi connectivity index (χ3n) is 3.62. The van der Waals surface area contributed by atoms with Gasteiger partial charge in [0.05, 0.1) is 18.7 Å². The van der Waals surface area contributed by atoms with Gasteiger partial charge in [0.25, 0.3) is 0 Å². The summed E-state index contributed by atoms with van der Waals surface area (Å²) in [7, 11) is -2.26. The van der Waals surface area contributed by atoms with E-state index in [1.807, 2.05) is 0 Å². The minimum Gasteiger partial charge on any atom is -0.497 e. The third kappa shape index (κ3) is 3.11. The second kappa shape index (κ2) is 5.90. The second-order valence-corrected chi connectivity index (χ2v) is 6.91. The van der Waals surface area contributed by atoms with Crippen LogP contribution in [0.25, 0.3) is 0 Å². The number of methoxy groups -OCH3 is 1. The van der Waals surface area contributed by atoms with Gasteiger partial charge in [0.1, 0.15) is 10.6 Å². The first-order valence-electron chi connectivity index (χ1n) is 6.59. The van der Waals surface area contributed by atoms with Crippen LogP contribution in [-0.2, 0) is 14.8 Å². The molecule has 2 rings (SSSR count). The van der Waals surface area contributed by atoms with Crippen molar-refractivity contribution in [2.24, 2.45) is 11.7 Å². The Labute approximate surface area is 123 Å². The Morgan fingerprint density at radius 3 is 2.71 bits per heavy atom. The number of carbonyl (C=O) groups is 1. The van der Waals surface area contributed by atoms with Gasteiger partial charge >= 0.3 is 0 Å². The van der Waals surface area contributed by atoms with Gasteiger partial charge in [-0.25, -0.2) is 8.42 Å². The summed E-state index contributed by atoms with van der Waals surface area (Å²) in [6, 6.07) is 4.42. The number of carbonyl (C=O) groups excluding carboxylic acids is 1. The number of nitrogens with two attached hydrogens (primary N) is 2. The van der Waals surface area contributed by atoms with Gasteiger partial charge in [-0.2, -0.15) is 4.31 Å². The van der Waals surface area contributed by atoms with Crippen LogP contribution in [0.15, 0.2) is 23.1 Å². The number of primary amides is 1. The molecule has 1 atom stereocenters. The number of rotatable bonds is 4. The Balaban J connectivity index is 2.31. The van der Waals surface area contributed by atoms with Crippen molar-refractivity contribution < 1.29 is 17.9 Å². The smallest absolute Gasteiger partial charge is 0.245 e. The highest BCUT2D eigenvalue weighted by atomic mass is 32.2. The lowest BCUT2D eigenvalue weighted by molar-refractivity contribution is -0.122. The molecule has 1 aromatic carbocycles. The molecule has 4 N–H and O–H groups in total. The van der Waals surface area contributed by atoms with E-state index in [4.69, 9.17) is 16.2 Å². The fraction of sp³-hybridized carbons (Fsp3) is 0.462. The third-order valence-corrected chi connectivity index (χ3v) is 5.56. The number of hydrogen-bond acceptors (Lipinski definition) is 5. The molecule has 7 nitrogen and oxygen atoms in total. The van der Waals surface area contributed by atoms with Crippen molar-refractivity contribution >= 4 is 21.6 Å². The van der Waals surface area contributed by atoms with Crippen LogP contribution < -0.4 is 16.2 Å². The summed E-state index contributed by atoms with van der Waals surface area (Å²) < 4.78 is 31.5. The Hall–Kier alpha value is -1.80. The predicted octanol–water partition coefficient (Wildman–Crippen LogP) is 0.163. The molecule has 1 fully saturated rings. The quantitative estimate of drug-likeness (QED) is 0.768. The summed E-state index contributed by atoms with van der Waals surface area (Å²) in [5.74, 6) is -0.439. The van der Waals surface area contributed by atoms with Gasteiger partial charge in [-0.15, -0.1) is 0 Å². The molecule has 0 saturated carbocycles. The fourth-order valence-corrected chi connectivity index (χ4v) is 4.04. The highest BCUT2D eigenvalue weighted by Crippen LogP contribution is 2.29. The van der Waals surface area contributed by atoms with Crippen molar-refractivity contribution in [2.75, 3.05) is 25.9 Å². The van der Waals surface area contributed by atoms with E-state index in [0.29, 0.717) is 25.1 Å². The van der Waals surface area contributed by atoms with Crippen LogP contribution in [0.3, 0.4) is 0 Å². The molecular weight excluding hydrogens is 294 g/mol. The summed E-state index contributed by atoms with van der Waals surface area (Å²) >= 11 is 0. The lowest BCUT2D eigenvalue weighted by atomic mass is 9.99. The van der Waals surface area contributed by atoms with E-state index in [1.54, 1.807) is 6.07 Å². The largest absolute Gasteiger partial charge is 0.497 e. The van der Waals surface area contributed by atoms with E-state index >= 15 is 0 Å². The first kappa shape index (κ1) is 15.6. The van der Waals surface area contributed by atoms with E-state index in [-0.39, 0.29) is 17.1 Å². The minimum atomic E-state index is -3.74. The molecule has 1 unspecified atom stereocenters. The number of benzene rings is 1. The van der Waals surface area contributed by atoms with Crippen molar-refractivity contribution in [1.29, 1.82) is 0 Å². The summed E-state index contributed by atoms with van der Waals surface area (Å²) in [5.41, 5.74) is 11.2. The first-order valence-corrected chi connectivity index (χ1v) is 8.03. The van der Waals surface area contributed by atoms with E-state index in [9.17, 15) is 13.2 Å². The van der Waals surface area contributed by atoms with Crippen molar-refractivity contribution in [3.05, 3.63) is 18.2 Å². The van der Waals surface area contributed by atoms with Gasteiger partial charge in [0.15, 0.2) is 0 Å². The van der Waals surface area contributed by atoms with E-state index < -0.39 is 21.8 Å². The molecule has 1 aliphatic rings. The number of nitrogen functional groups attached to an aromatic ring is 1. The lowest BCUT2D eigenvalue weighted by Gasteiger charge is -2.30. The normalized spacial score (nSPS) is 20.1. The molecule has 1 heterocycles. The lowest BCUT2D eigenvalue weighted by Crippen LogP contribution is -2.44. The van der Waals surface area contributed by atoms with Crippen molar-refractivity contribution in [1.82, 2.24) is 4.31 Å². The van der Waals surface area contributed by atoms with Gasteiger partial charge in [0.2, 0.25) is 15.9 Å². The standard InChI is InChI=1S/C13H19N3O4S/c1-20-10-4-5-12(11(14)7-10)21(18,19)16-6-2-3-9(8-16)13(15)17/h4-5,7,9H,2-3,6,8,14H2,1H3,(H2,15,17). The number of ether oxygens (including phenoxy) is 1. The molecule has 0 spiro atoms. The van der Waals surface area contributed by atoms with Crippen molar-refractivity contribution in [2.45, 2.75) is 17.7 Å². The summed E-state index contributed by atoms with van der Waals surface area (Å²) in [4.78, 5) is 11.3. The van der Waals surface area contributed by atoms with Gasteiger partial charge in [0, 0.05) is 19.2 Å². The zero-order chi connectivity index (χ0) is 15.6. The molecule has 0 radical (unpaired) electrons. The molecule has 8 heteroatoms. The zero-order valence-corrected chi connectivity index (χ0v) is 12.6. The summed E-state index contributed by atoms with van der Waals surface area (Å²) in [6.45, 7) is 0.459. The van der Waals surface area contributed by atoms with Gasteiger partial charge < -0.3 is 16.2 Å². The van der Waals surface area contributed by atoms with Crippen LogP contribution in [0.4, 0.5) is 5.69 Å². The van der Waals surface area contributed by atoms with Gasteiger partial charge in [-0.1, -0.05) is 0 Å². The molecule has 1 aliphatic heterocycles. The van der Waals surface area contributed by atoms with Crippen molar-refractivity contribution in [3.63, 3.8) is 0 Å².